The summed E-state index contributed by atoms with van der Waals surface area (Å²) in [5.41, 5.74) is 0. The average Bonchev–Trinajstić information content (AvgIpc) is 2.13. The molecular weight excluding hydrogens is 162 g/mol. The Morgan fingerprint density at radius 1 is 1.31 bits per heavy atom. The van der Waals surface area contributed by atoms with Crippen molar-refractivity contribution in [1.29, 1.82) is 0 Å². The van der Waals surface area contributed by atoms with Crippen LogP contribution in [0.25, 0.3) is 0 Å². The van der Waals surface area contributed by atoms with Crippen molar-refractivity contribution < 1.29 is 4.79 Å². The van der Waals surface area contributed by atoms with Gasteiger partial charge in [0, 0.05) is 12.0 Å². The molecule has 2 nitrogen and oxygen atoms in total. The molecule has 13 heavy (non-hydrogen) atoms. The van der Waals surface area contributed by atoms with Gasteiger partial charge in [0.1, 0.15) is 0 Å². The van der Waals surface area contributed by atoms with E-state index in [1.807, 2.05) is 13.8 Å². The Labute approximate surface area is 82.1 Å². The molecule has 2 heteroatoms. The number of hydrogen-bond donors (Lipinski definition) is 1. The van der Waals surface area contributed by atoms with Gasteiger partial charge in [-0.3, -0.25) is 4.79 Å². The van der Waals surface area contributed by atoms with Gasteiger partial charge in [0.25, 0.3) is 0 Å². The highest BCUT2D eigenvalue weighted by molar-refractivity contribution is 5.78. The quantitative estimate of drug-likeness (QED) is 0.677. The van der Waals surface area contributed by atoms with Gasteiger partial charge in [0.15, 0.2) is 0 Å². The Kier molecular flexibility index (Phi) is 6.65. The third-order valence-electron chi connectivity index (χ3n) is 2.44. The molecule has 0 rings (SSSR count). The Balaban J connectivity index is 3.64. The highest BCUT2D eigenvalue weighted by Crippen LogP contribution is 2.04. The molecule has 0 aromatic heterocycles. The third kappa shape index (κ3) is 5.67. The maximum absolute atomic E-state index is 11.4. The van der Waals surface area contributed by atoms with Gasteiger partial charge >= 0.3 is 0 Å². The molecule has 0 aliphatic carbocycles. The first-order valence-electron chi connectivity index (χ1n) is 5.42. The molecule has 0 saturated heterocycles. The molecule has 0 aliphatic rings. The lowest BCUT2D eigenvalue weighted by Gasteiger charge is -2.16. The van der Waals surface area contributed by atoms with E-state index in [2.05, 4.69) is 19.2 Å². The van der Waals surface area contributed by atoms with E-state index in [4.69, 9.17) is 0 Å². The summed E-state index contributed by atoms with van der Waals surface area (Å²) >= 11 is 0. The van der Waals surface area contributed by atoms with Crippen LogP contribution in [-0.4, -0.2) is 11.9 Å². The molecule has 0 aromatic rings. The second-order valence-electron chi connectivity index (χ2n) is 3.86. The summed E-state index contributed by atoms with van der Waals surface area (Å²) in [7, 11) is 0. The maximum Gasteiger partial charge on any atom is 0.223 e. The van der Waals surface area contributed by atoms with Crippen LogP contribution in [0, 0.1) is 5.92 Å². The lowest BCUT2D eigenvalue weighted by atomic mass is 10.1. The predicted molar refractivity (Wildman–Crippen MR) is 56.6 cm³/mol. The summed E-state index contributed by atoms with van der Waals surface area (Å²) < 4.78 is 0. The van der Waals surface area contributed by atoms with Crippen molar-refractivity contribution in [3.05, 3.63) is 0 Å². The van der Waals surface area contributed by atoms with Crippen LogP contribution in [-0.2, 0) is 4.79 Å². The first-order valence-corrected chi connectivity index (χ1v) is 5.42. The van der Waals surface area contributed by atoms with Crippen LogP contribution in [0.2, 0.25) is 0 Å². The molecular formula is C11H23NO. The summed E-state index contributed by atoms with van der Waals surface area (Å²) in [6.45, 7) is 8.27. The molecule has 0 saturated carbocycles. The fraction of sp³-hybridized carbons (Fsp3) is 0.909. The molecule has 2 unspecified atom stereocenters. The molecule has 0 fully saturated rings. The lowest BCUT2D eigenvalue weighted by molar-refractivity contribution is -0.125. The Morgan fingerprint density at radius 3 is 2.38 bits per heavy atom. The van der Waals surface area contributed by atoms with Gasteiger partial charge in [0.2, 0.25) is 5.91 Å². The van der Waals surface area contributed by atoms with Crippen molar-refractivity contribution in [2.45, 2.75) is 59.4 Å². The van der Waals surface area contributed by atoms with E-state index in [9.17, 15) is 4.79 Å². The fourth-order valence-electron chi connectivity index (χ4n) is 1.15. The zero-order valence-electron chi connectivity index (χ0n) is 9.39. The number of hydrogen-bond acceptors (Lipinski definition) is 1. The molecule has 0 aliphatic heterocycles. The summed E-state index contributed by atoms with van der Waals surface area (Å²) in [6.07, 6.45) is 4.41. The summed E-state index contributed by atoms with van der Waals surface area (Å²) in [5, 5.41) is 3.03. The predicted octanol–water partition coefficient (Wildman–Crippen LogP) is 2.73. The van der Waals surface area contributed by atoms with Gasteiger partial charge in [-0.1, -0.05) is 33.6 Å². The van der Waals surface area contributed by atoms with Gasteiger partial charge in [-0.05, 0) is 19.8 Å². The lowest BCUT2D eigenvalue weighted by Crippen LogP contribution is -2.36. The van der Waals surface area contributed by atoms with Crippen LogP contribution in [0.1, 0.15) is 53.4 Å². The smallest absolute Gasteiger partial charge is 0.223 e. The van der Waals surface area contributed by atoms with Crippen LogP contribution in [0.4, 0.5) is 0 Å². The largest absolute Gasteiger partial charge is 0.353 e. The van der Waals surface area contributed by atoms with E-state index in [0.717, 1.165) is 12.8 Å². The highest BCUT2D eigenvalue weighted by Gasteiger charge is 2.12. The van der Waals surface area contributed by atoms with Crippen LogP contribution in [0.15, 0.2) is 0 Å². The molecule has 0 spiro atoms. The zero-order chi connectivity index (χ0) is 10.3. The van der Waals surface area contributed by atoms with Gasteiger partial charge in [-0.2, -0.15) is 0 Å². The monoisotopic (exact) mass is 185 g/mol. The number of unbranched alkanes of at least 4 members (excludes halogenated alkanes) is 1. The first kappa shape index (κ1) is 12.5. The number of rotatable bonds is 6. The van der Waals surface area contributed by atoms with Gasteiger partial charge in [-0.25, -0.2) is 0 Å². The number of nitrogens with one attached hydrogen (secondary N) is 1. The Bertz CT molecular complexity index is 145. The van der Waals surface area contributed by atoms with Crippen LogP contribution >= 0.6 is 0 Å². The minimum absolute atomic E-state index is 0.157. The standard InChI is InChI=1S/C11H23NO/c1-5-7-8-10(4)12-11(13)9(3)6-2/h9-10H,5-8H2,1-4H3,(H,12,13). The zero-order valence-corrected chi connectivity index (χ0v) is 9.39. The SMILES string of the molecule is CCCCC(C)NC(=O)C(C)CC. The van der Waals surface area contributed by atoms with E-state index in [1.165, 1.54) is 12.8 Å². The van der Waals surface area contributed by atoms with Gasteiger partial charge in [-0.15, -0.1) is 0 Å². The Morgan fingerprint density at radius 2 is 1.92 bits per heavy atom. The number of carbonyl (C=O) groups is 1. The van der Waals surface area contributed by atoms with Crippen LogP contribution in [0.3, 0.4) is 0 Å². The molecule has 1 amide bonds. The average molecular weight is 185 g/mol. The minimum Gasteiger partial charge on any atom is -0.353 e. The fourth-order valence-corrected chi connectivity index (χ4v) is 1.15. The molecule has 1 N–H and O–H groups in total. The second-order valence-corrected chi connectivity index (χ2v) is 3.86. The number of carbonyl (C=O) groups excluding carboxylic acids is 1. The molecule has 0 heterocycles. The van der Waals surface area contributed by atoms with Crippen LogP contribution < -0.4 is 5.32 Å². The molecule has 78 valence electrons. The number of amides is 1. The normalized spacial score (nSPS) is 15.1. The molecule has 0 aromatic carbocycles. The van der Waals surface area contributed by atoms with Gasteiger partial charge < -0.3 is 5.32 Å². The highest BCUT2D eigenvalue weighted by atomic mass is 16.1. The van der Waals surface area contributed by atoms with Crippen molar-refractivity contribution in [2.24, 2.45) is 5.92 Å². The van der Waals surface area contributed by atoms with Gasteiger partial charge in [0.05, 0.1) is 0 Å². The van der Waals surface area contributed by atoms with Crippen molar-refractivity contribution in [3.8, 4) is 0 Å². The van der Waals surface area contributed by atoms with E-state index in [-0.39, 0.29) is 11.8 Å². The van der Waals surface area contributed by atoms with Crippen molar-refractivity contribution in [2.75, 3.05) is 0 Å². The van der Waals surface area contributed by atoms with E-state index in [0.29, 0.717) is 6.04 Å². The minimum atomic E-state index is 0.157. The molecule has 0 radical (unpaired) electrons. The van der Waals surface area contributed by atoms with Crippen molar-refractivity contribution in [1.82, 2.24) is 5.32 Å². The molecule has 2 atom stereocenters. The second kappa shape index (κ2) is 6.93. The van der Waals surface area contributed by atoms with E-state index in [1.54, 1.807) is 0 Å². The maximum atomic E-state index is 11.4. The third-order valence-corrected chi connectivity index (χ3v) is 2.44. The summed E-state index contributed by atoms with van der Waals surface area (Å²) in [4.78, 5) is 11.4. The van der Waals surface area contributed by atoms with Crippen molar-refractivity contribution >= 4 is 5.91 Å². The summed E-state index contributed by atoms with van der Waals surface area (Å²) in [5.74, 6) is 0.357. The first-order chi connectivity index (χ1) is 6.11. The Hall–Kier alpha value is -0.530. The van der Waals surface area contributed by atoms with Crippen molar-refractivity contribution in [3.63, 3.8) is 0 Å². The van der Waals surface area contributed by atoms with Crippen LogP contribution in [0.5, 0.6) is 0 Å². The van der Waals surface area contributed by atoms with E-state index >= 15 is 0 Å². The summed E-state index contributed by atoms with van der Waals surface area (Å²) in [6, 6.07) is 0.335. The topological polar surface area (TPSA) is 29.1 Å². The molecule has 0 bridgehead atoms. The van der Waals surface area contributed by atoms with E-state index < -0.39 is 0 Å².